The van der Waals surface area contributed by atoms with Gasteiger partial charge in [-0.25, -0.2) is 19.3 Å². The summed E-state index contributed by atoms with van der Waals surface area (Å²) in [5.41, 5.74) is -1.15. The molecule has 0 aromatic carbocycles. The van der Waals surface area contributed by atoms with E-state index in [4.69, 9.17) is 21.4 Å². The number of aromatic nitrogens is 4. The molecule has 0 radical (unpaired) electrons. The van der Waals surface area contributed by atoms with Crippen molar-refractivity contribution >= 4 is 22.8 Å². The van der Waals surface area contributed by atoms with Crippen LogP contribution in [0.5, 0.6) is 0 Å². The van der Waals surface area contributed by atoms with Crippen LogP contribution in [0.4, 0.5) is 4.39 Å². The van der Waals surface area contributed by atoms with E-state index >= 15 is 0 Å². The molecule has 0 saturated carbocycles. The number of imidazole rings is 1. The largest absolute Gasteiger partial charge is 0.394 e. The second kappa shape index (κ2) is 4.84. The van der Waals surface area contributed by atoms with Gasteiger partial charge in [0.2, 0.25) is 0 Å². The summed E-state index contributed by atoms with van der Waals surface area (Å²) in [6.07, 6.45) is -2.56. The summed E-state index contributed by atoms with van der Waals surface area (Å²) in [6.45, 7) is 2.43. The van der Waals surface area contributed by atoms with Gasteiger partial charge in [0.1, 0.15) is 23.0 Å². The van der Waals surface area contributed by atoms with Gasteiger partial charge in [-0.2, -0.15) is 0 Å². The molecule has 1 aliphatic rings. The first kappa shape index (κ1) is 14.6. The molecule has 114 valence electrons. The van der Waals surface area contributed by atoms with E-state index in [1.165, 1.54) is 17.8 Å². The summed E-state index contributed by atoms with van der Waals surface area (Å²) in [7, 11) is 0. The zero-order valence-corrected chi connectivity index (χ0v) is 12.1. The lowest BCUT2D eigenvalue weighted by molar-refractivity contribution is -0.0892. The second-order valence-electron chi connectivity index (χ2n) is 5.22. The summed E-state index contributed by atoms with van der Waals surface area (Å²) in [5.74, 6) is 0.419. The van der Waals surface area contributed by atoms with Gasteiger partial charge in [-0.1, -0.05) is 11.6 Å². The van der Waals surface area contributed by atoms with E-state index in [9.17, 15) is 9.50 Å². The minimum absolute atomic E-state index is 0.171. The summed E-state index contributed by atoms with van der Waals surface area (Å²) in [4.78, 5) is 12.3. The third-order valence-corrected chi connectivity index (χ3v) is 3.88. The maximum atomic E-state index is 14.1. The quantitative estimate of drug-likeness (QED) is 0.795. The maximum Gasteiger partial charge on any atom is 0.168 e. The van der Waals surface area contributed by atoms with Crippen LogP contribution in [0, 0.1) is 6.92 Å². The fourth-order valence-corrected chi connectivity index (χ4v) is 2.78. The first-order valence-electron chi connectivity index (χ1n) is 6.35. The zero-order chi connectivity index (χ0) is 15.4. The van der Waals surface area contributed by atoms with Crippen LogP contribution in [0.2, 0.25) is 5.15 Å². The SMILES string of the molecule is Cc1nc(Cl)c2ncn([C@H]3O[C@H](CO)[C@@H](F)[C@]3(C)O)c2n1. The number of nitrogens with zero attached hydrogens (tertiary/aromatic N) is 4. The molecule has 21 heavy (non-hydrogen) atoms. The monoisotopic (exact) mass is 316 g/mol. The third kappa shape index (κ3) is 2.10. The van der Waals surface area contributed by atoms with Crippen LogP contribution in [-0.2, 0) is 4.74 Å². The van der Waals surface area contributed by atoms with Crippen molar-refractivity contribution in [1.82, 2.24) is 19.5 Å². The van der Waals surface area contributed by atoms with Crippen LogP contribution in [0.1, 0.15) is 19.0 Å². The Morgan fingerprint density at radius 1 is 1.52 bits per heavy atom. The Balaban J connectivity index is 2.13. The van der Waals surface area contributed by atoms with Gasteiger partial charge in [0, 0.05) is 0 Å². The normalized spacial score (nSPS) is 33.0. The van der Waals surface area contributed by atoms with Crippen molar-refractivity contribution in [2.45, 2.75) is 38.0 Å². The Morgan fingerprint density at radius 3 is 2.86 bits per heavy atom. The molecule has 1 aliphatic heterocycles. The van der Waals surface area contributed by atoms with Crippen molar-refractivity contribution in [3.63, 3.8) is 0 Å². The number of hydrogen-bond donors (Lipinski definition) is 2. The lowest BCUT2D eigenvalue weighted by atomic mass is 9.98. The Bertz CT molecular complexity index is 692. The predicted octanol–water partition coefficient (Wildman–Crippen LogP) is 0.767. The number of rotatable bonds is 2. The van der Waals surface area contributed by atoms with Crippen molar-refractivity contribution in [3.8, 4) is 0 Å². The molecular weight excluding hydrogens is 303 g/mol. The number of fused-ring (bicyclic) bond motifs is 1. The molecule has 3 rings (SSSR count). The smallest absolute Gasteiger partial charge is 0.168 e. The third-order valence-electron chi connectivity index (χ3n) is 3.61. The highest BCUT2D eigenvalue weighted by molar-refractivity contribution is 6.33. The topological polar surface area (TPSA) is 93.3 Å². The van der Waals surface area contributed by atoms with Crippen LogP contribution >= 0.6 is 11.6 Å². The number of hydrogen-bond acceptors (Lipinski definition) is 6. The summed E-state index contributed by atoms with van der Waals surface area (Å²) in [5, 5.41) is 19.7. The van der Waals surface area contributed by atoms with Crippen molar-refractivity contribution in [2.75, 3.05) is 6.61 Å². The molecular formula is C12H14ClFN4O3. The molecule has 1 saturated heterocycles. The molecule has 2 aromatic heterocycles. The molecule has 0 aliphatic carbocycles. The lowest BCUT2D eigenvalue weighted by Gasteiger charge is -2.26. The van der Waals surface area contributed by atoms with E-state index in [2.05, 4.69) is 15.0 Å². The van der Waals surface area contributed by atoms with Gasteiger partial charge in [0.25, 0.3) is 0 Å². The van der Waals surface area contributed by atoms with E-state index in [0.717, 1.165) is 0 Å². The number of aliphatic hydroxyl groups excluding tert-OH is 1. The molecule has 0 bridgehead atoms. The molecule has 0 amide bonds. The number of ether oxygens (including phenoxy) is 1. The molecule has 1 fully saturated rings. The van der Waals surface area contributed by atoms with Crippen molar-refractivity contribution in [1.29, 1.82) is 0 Å². The lowest BCUT2D eigenvalue weighted by Crippen LogP contribution is -2.41. The summed E-state index contributed by atoms with van der Waals surface area (Å²) < 4.78 is 21.0. The van der Waals surface area contributed by atoms with Crippen LogP contribution < -0.4 is 0 Å². The fourth-order valence-electron chi connectivity index (χ4n) is 2.52. The molecule has 3 heterocycles. The average molecular weight is 317 g/mol. The summed E-state index contributed by atoms with van der Waals surface area (Å²) >= 11 is 5.99. The van der Waals surface area contributed by atoms with Gasteiger partial charge in [0.05, 0.1) is 12.9 Å². The minimum Gasteiger partial charge on any atom is -0.394 e. The molecule has 4 atom stereocenters. The van der Waals surface area contributed by atoms with Gasteiger partial charge < -0.3 is 14.9 Å². The number of alkyl halides is 1. The van der Waals surface area contributed by atoms with E-state index in [-0.39, 0.29) is 5.15 Å². The van der Waals surface area contributed by atoms with Crippen molar-refractivity contribution in [2.24, 2.45) is 0 Å². The Hall–Kier alpha value is -1.35. The number of aliphatic hydroxyl groups is 2. The van der Waals surface area contributed by atoms with Gasteiger partial charge in [-0.3, -0.25) is 4.57 Å². The first-order valence-corrected chi connectivity index (χ1v) is 6.73. The second-order valence-corrected chi connectivity index (χ2v) is 5.58. The first-order chi connectivity index (χ1) is 9.86. The van der Waals surface area contributed by atoms with Crippen LogP contribution in [-0.4, -0.2) is 54.2 Å². The fraction of sp³-hybridized carbons (Fsp3) is 0.583. The van der Waals surface area contributed by atoms with E-state index in [1.807, 2.05) is 0 Å². The molecule has 2 N–H and O–H groups in total. The highest BCUT2D eigenvalue weighted by Gasteiger charge is 2.54. The van der Waals surface area contributed by atoms with Crippen LogP contribution in [0.15, 0.2) is 6.33 Å². The van der Waals surface area contributed by atoms with Gasteiger partial charge >= 0.3 is 0 Å². The van der Waals surface area contributed by atoms with Crippen LogP contribution in [0.25, 0.3) is 11.2 Å². The van der Waals surface area contributed by atoms with E-state index < -0.39 is 30.7 Å². The summed E-state index contributed by atoms with van der Waals surface area (Å²) in [6, 6.07) is 0. The minimum atomic E-state index is -1.83. The van der Waals surface area contributed by atoms with E-state index in [1.54, 1.807) is 6.92 Å². The average Bonchev–Trinajstić information content (AvgIpc) is 2.91. The molecule has 9 heteroatoms. The zero-order valence-electron chi connectivity index (χ0n) is 11.4. The Kier molecular flexibility index (Phi) is 3.36. The molecule has 0 spiro atoms. The Morgan fingerprint density at radius 2 is 2.24 bits per heavy atom. The van der Waals surface area contributed by atoms with Gasteiger partial charge in [-0.05, 0) is 13.8 Å². The highest BCUT2D eigenvalue weighted by Crippen LogP contribution is 2.41. The number of halogens is 2. The standard InChI is InChI=1S/C12H14ClFN4O3/c1-5-16-9(13)7-10(17-5)18(4-15-7)11-12(2,20)8(14)6(3-19)21-11/h4,6,8,11,19-20H,3H2,1-2H3/t6-,8-,11+,12+/m1/s1. The van der Waals surface area contributed by atoms with Gasteiger partial charge in [0.15, 0.2) is 23.2 Å². The highest BCUT2D eigenvalue weighted by atomic mass is 35.5. The van der Waals surface area contributed by atoms with Crippen molar-refractivity contribution in [3.05, 3.63) is 17.3 Å². The molecule has 2 aromatic rings. The maximum absolute atomic E-state index is 14.1. The van der Waals surface area contributed by atoms with Crippen molar-refractivity contribution < 1.29 is 19.3 Å². The molecule has 0 unspecified atom stereocenters. The predicted molar refractivity (Wildman–Crippen MR) is 71.6 cm³/mol. The Labute approximate surface area is 124 Å². The van der Waals surface area contributed by atoms with Gasteiger partial charge in [-0.15, -0.1) is 0 Å². The van der Waals surface area contributed by atoms with Crippen LogP contribution in [0.3, 0.4) is 0 Å². The van der Waals surface area contributed by atoms with E-state index in [0.29, 0.717) is 17.0 Å². The molecule has 7 nitrogen and oxygen atoms in total. The number of aryl methyl sites for hydroxylation is 1.